The molecule has 2 rings (SSSR count). The van der Waals surface area contributed by atoms with Crippen LogP contribution in [-0.4, -0.2) is 14.2 Å². The first-order chi connectivity index (χ1) is 9.08. The van der Waals surface area contributed by atoms with Crippen LogP contribution < -0.4 is 20.9 Å². The van der Waals surface area contributed by atoms with Gasteiger partial charge in [0.1, 0.15) is 11.5 Å². The fraction of sp³-hybridized carbons (Fsp3) is 0.200. The first-order valence-corrected chi connectivity index (χ1v) is 5.95. The molecule has 0 aliphatic carbocycles. The monoisotopic (exact) mass is 258 g/mol. The lowest BCUT2D eigenvalue weighted by atomic mass is 9.98. The summed E-state index contributed by atoms with van der Waals surface area (Å²) in [5, 5.41) is 0. The van der Waals surface area contributed by atoms with E-state index < -0.39 is 0 Å². The second-order valence-electron chi connectivity index (χ2n) is 4.32. The Morgan fingerprint density at radius 1 is 0.895 bits per heavy atom. The van der Waals surface area contributed by atoms with Crippen molar-refractivity contribution in [3.05, 3.63) is 35.9 Å². The number of methoxy groups -OCH3 is 2. The van der Waals surface area contributed by atoms with E-state index in [1.807, 2.05) is 37.3 Å². The van der Waals surface area contributed by atoms with Crippen LogP contribution >= 0.6 is 0 Å². The van der Waals surface area contributed by atoms with Crippen molar-refractivity contribution in [3.63, 3.8) is 0 Å². The molecule has 0 atom stereocenters. The highest BCUT2D eigenvalue weighted by Crippen LogP contribution is 2.36. The van der Waals surface area contributed by atoms with Gasteiger partial charge in [-0.05, 0) is 36.2 Å². The van der Waals surface area contributed by atoms with Crippen molar-refractivity contribution in [2.75, 3.05) is 25.7 Å². The minimum Gasteiger partial charge on any atom is -0.495 e. The van der Waals surface area contributed by atoms with Crippen LogP contribution in [0.3, 0.4) is 0 Å². The van der Waals surface area contributed by atoms with Crippen molar-refractivity contribution in [1.29, 1.82) is 0 Å². The van der Waals surface area contributed by atoms with Gasteiger partial charge in [0, 0.05) is 5.56 Å². The minimum absolute atomic E-state index is 0.617. The summed E-state index contributed by atoms with van der Waals surface area (Å²) in [6.07, 6.45) is 0. The fourth-order valence-corrected chi connectivity index (χ4v) is 2.17. The average Bonchev–Trinajstić information content (AvgIpc) is 2.40. The molecule has 0 radical (unpaired) electrons. The van der Waals surface area contributed by atoms with Crippen molar-refractivity contribution < 1.29 is 9.47 Å². The van der Waals surface area contributed by atoms with E-state index in [9.17, 15) is 0 Å². The summed E-state index contributed by atoms with van der Waals surface area (Å²) in [5.74, 6) is 1.36. The predicted molar refractivity (Wildman–Crippen MR) is 78.5 cm³/mol. The van der Waals surface area contributed by atoms with Crippen molar-refractivity contribution in [3.8, 4) is 22.6 Å². The summed E-state index contributed by atoms with van der Waals surface area (Å²) in [6, 6.07) is 9.50. The van der Waals surface area contributed by atoms with Crippen LogP contribution in [0.5, 0.6) is 11.5 Å². The SMILES string of the molecule is COc1cc(-c2ccc(N)c(OC)c2C)ccc1N. The van der Waals surface area contributed by atoms with E-state index in [-0.39, 0.29) is 0 Å². The van der Waals surface area contributed by atoms with Gasteiger partial charge in [0.15, 0.2) is 0 Å². The van der Waals surface area contributed by atoms with Gasteiger partial charge in [-0.2, -0.15) is 0 Å². The Balaban J connectivity index is 2.59. The van der Waals surface area contributed by atoms with Gasteiger partial charge in [0.25, 0.3) is 0 Å². The van der Waals surface area contributed by atoms with Crippen molar-refractivity contribution in [2.24, 2.45) is 0 Å². The van der Waals surface area contributed by atoms with Gasteiger partial charge in [-0.25, -0.2) is 0 Å². The molecule has 0 aliphatic heterocycles. The lowest BCUT2D eigenvalue weighted by Gasteiger charge is -2.14. The van der Waals surface area contributed by atoms with Crippen LogP contribution in [0, 0.1) is 6.92 Å². The molecule has 0 spiro atoms. The number of nitrogen functional groups attached to an aromatic ring is 2. The van der Waals surface area contributed by atoms with E-state index in [0.717, 1.165) is 16.7 Å². The molecule has 4 nitrogen and oxygen atoms in total. The van der Waals surface area contributed by atoms with Crippen molar-refractivity contribution in [1.82, 2.24) is 0 Å². The molecular formula is C15H18N2O2. The summed E-state index contributed by atoms with van der Waals surface area (Å²) in [4.78, 5) is 0. The smallest absolute Gasteiger partial charge is 0.145 e. The van der Waals surface area contributed by atoms with Gasteiger partial charge in [-0.1, -0.05) is 12.1 Å². The molecule has 2 aromatic carbocycles. The third-order valence-electron chi connectivity index (χ3n) is 3.18. The number of ether oxygens (including phenoxy) is 2. The summed E-state index contributed by atoms with van der Waals surface area (Å²) in [6.45, 7) is 1.98. The molecule has 0 aliphatic rings. The van der Waals surface area contributed by atoms with Crippen LogP contribution in [0.1, 0.15) is 5.56 Å². The normalized spacial score (nSPS) is 10.3. The van der Waals surface area contributed by atoms with Crippen LogP contribution in [0.4, 0.5) is 11.4 Å². The quantitative estimate of drug-likeness (QED) is 0.830. The summed E-state index contributed by atoms with van der Waals surface area (Å²) in [7, 11) is 3.22. The molecule has 0 saturated carbocycles. The number of hydrogen-bond acceptors (Lipinski definition) is 4. The molecule has 100 valence electrons. The zero-order valence-electron chi connectivity index (χ0n) is 11.4. The molecule has 19 heavy (non-hydrogen) atoms. The highest BCUT2D eigenvalue weighted by molar-refractivity contribution is 5.77. The lowest BCUT2D eigenvalue weighted by Crippen LogP contribution is -1.97. The Kier molecular flexibility index (Phi) is 3.51. The Labute approximate surface area is 112 Å². The summed E-state index contributed by atoms with van der Waals surface area (Å²) in [5.41, 5.74) is 16.0. The third-order valence-corrected chi connectivity index (χ3v) is 3.18. The van der Waals surface area contributed by atoms with Crippen molar-refractivity contribution in [2.45, 2.75) is 6.92 Å². The van der Waals surface area contributed by atoms with E-state index in [1.165, 1.54) is 0 Å². The minimum atomic E-state index is 0.617. The maximum atomic E-state index is 5.89. The first kappa shape index (κ1) is 13.1. The Bertz CT molecular complexity index is 609. The van der Waals surface area contributed by atoms with Crippen LogP contribution in [0.25, 0.3) is 11.1 Å². The predicted octanol–water partition coefficient (Wildman–Crippen LogP) is 2.84. The molecule has 2 aromatic rings. The van der Waals surface area contributed by atoms with Crippen LogP contribution in [0.15, 0.2) is 30.3 Å². The third kappa shape index (κ3) is 2.29. The molecule has 0 amide bonds. The summed E-state index contributed by atoms with van der Waals surface area (Å²) < 4.78 is 10.6. The van der Waals surface area contributed by atoms with Crippen LogP contribution in [-0.2, 0) is 0 Å². The maximum absolute atomic E-state index is 5.89. The molecule has 4 N–H and O–H groups in total. The lowest BCUT2D eigenvalue weighted by molar-refractivity contribution is 0.414. The Morgan fingerprint density at radius 3 is 2.21 bits per heavy atom. The van der Waals surface area contributed by atoms with Gasteiger partial charge < -0.3 is 20.9 Å². The number of rotatable bonds is 3. The van der Waals surface area contributed by atoms with E-state index in [1.54, 1.807) is 14.2 Å². The Hall–Kier alpha value is -2.36. The molecule has 0 bridgehead atoms. The number of anilines is 2. The highest BCUT2D eigenvalue weighted by Gasteiger charge is 2.11. The molecule has 0 heterocycles. The van der Waals surface area contributed by atoms with E-state index >= 15 is 0 Å². The fourth-order valence-electron chi connectivity index (χ4n) is 2.17. The maximum Gasteiger partial charge on any atom is 0.145 e. The standard InChI is InChI=1S/C15H18N2O2/c1-9-11(5-7-13(17)15(9)19-3)10-4-6-12(16)14(8-10)18-2/h4-8H,16-17H2,1-3H3. The van der Waals surface area contributed by atoms with Gasteiger partial charge in [-0.15, -0.1) is 0 Å². The molecule has 0 unspecified atom stereocenters. The van der Waals surface area contributed by atoms with Gasteiger partial charge >= 0.3 is 0 Å². The highest BCUT2D eigenvalue weighted by atomic mass is 16.5. The average molecular weight is 258 g/mol. The van der Waals surface area contributed by atoms with Gasteiger partial charge in [0.2, 0.25) is 0 Å². The number of benzene rings is 2. The second kappa shape index (κ2) is 5.10. The number of nitrogens with two attached hydrogens (primary N) is 2. The second-order valence-corrected chi connectivity index (χ2v) is 4.32. The molecule has 0 fully saturated rings. The molecule has 0 aromatic heterocycles. The molecule has 0 saturated heterocycles. The van der Waals surface area contributed by atoms with Gasteiger partial charge in [0.05, 0.1) is 25.6 Å². The largest absolute Gasteiger partial charge is 0.495 e. The molecule has 4 heteroatoms. The first-order valence-electron chi connectivity index (χ1n) is 5.95. The van der Waals surface area contributed by atoms with Crippen molar-refractivity contribution >= 4 is 11.4 Å². The Morgan fingerprint density at radius 2 is 1.58 bits per heavy atom. The topological polar surface area (TPSA) is 70.5 Å². The zero-order chi connectivity index (χ0) is 14.0. The number of hydrogen-bond donors (Lipinski definition) is 2. The molecular weight excluding hydrogens is 240 g/mol. The van der Waals surface area contributed by atoms with E-state index in [0.29, 0.717) is 22.9 Å². The summed E-state index contributed by atoms with van der Waals surface area (Å²) >= 11 is 0. The van der Waals surface area contributed by atoms with Gasteiger partial charge in [-0.3, -0.25) is 0 Å². The van der Waals surface area contributed by atoms with E-state index in [2.05, 4.69) is 0 Å². The van der Waals surface area contributed by atoms with Crippen LogP contribution in [0.2, 0.25) is 0 Å². The van der Waals surface area contributed by atoms with E-state index in [4.69, 9.17) is 20.9 Å². The zero-order valence-corrected chi connectivity index (χ0v) is 11.4.